The largest absolute Gasteiger partial charge is 0.357 e. The van der Waals surface area contributed by atoms with Gasteiger partial charge >= 0.3 is 0 Å². The molecule has 0 saturated carbocycles. The maximum atomic E-state index is 5.72. The fraction of sp³-hybridized carbons (Fsp3) is 1.00. The number of nitrogens with zero attached hydrogens (tertiary/aromatic N) is 1. The van der Waals surface area contributed by atoms with Crippen LogP contribution in [0.25, 0.3) is 0 Å². The van der Waals surface area contributed by atoms with Gasteiger partial charge in [-0.1, -0.05) is 13.8 Å². The number of ether oxygens (including phenoxy) is 4. The van der Waals surface area contributed by atoms with Crippen molar-refractivity contribution in [2.45, 2.75) is 77.3 Å². The van der Waals surface area contributed by atoms with Crippen LogP contribution >= 0.6 is 0 Å². The minimum Gasteiger partial charge on any atom is -0.357 e. The van der Waals surface area contributed by atoms with Crippen molar-refractivity contribution >= 4 is 19.0 Å². The first kappa shape index (κ1) is 26.2. The summed E-state index contributed by atoms with van der Waals surface area (Å²) in [6.07, 6.45) is 2.48. The summed E-state index contributed by atoms with van der Waals surface area (Å²) in [5, 5.41) is 0. The van der Waals surface area contributed by atoms with Crippen molar-refractivity contribution in [1.82, 2.24) is 4.90 Å². The Balaban J connectivity index is 4.00. The van der Waals surface area contributed by atoms with E-state index in [-0.39, 0.29) is 30.9 Å². The van der Waals surface area contributed by atoms with Crippen LogP contribution in [-0.2, 0) is 18.9 Å². The van der Waals surface area contributed by atoms with Crippen molar-refractivity contribution in [3.05, 3.63) is 0 Å². The summed E-state index contributed by atoms with van der Waals surface area (Å²) in [5.74, 6) is 0.177. The molecule has 0 heterocycles. The zero-order valence-corrected chi connectivity index (χ0v) is 21.3. The second-order valence-corrected chi connectivity index (χ2v) is 12.3. The first-order valence-corrected chi connectivity index (χ1v) is 13.9. The first-order valence-electron chi connectivity index (χ1n) is 10.6. The summed E-state index contributed by atoms with van der Waals surface area (Å²) in [6, 6.07) is 0. The molecule has 0 bridgehead atoms. The second kappa shape index (κ2) is 17.3. The Kier molecular flexibility index (Phi) is 17.5. The molecule has 0 aliphatic carbocycles. The summed E-state index contributed by atoms with van der Waals surface area (Å²) < 4.78 is 22.9. The maximum Gasteiger partial charge on any atom is 0.135 e. The lowest BCUT2D eigenvalue weighted by Gasteiger charge is -2.24. The van der Waals surface area contributed by atoms with E-state index in [1.54, 1.807) is 0 Å². The fourth-order valence-electron chi connectivity index (χ4n) is 3.00. The van der Waals surface area contributed by atoms with Gasteiger partial charge < -0.3 is 23.8 Å². The third kappa shape index (κ3) is 14.3. The van der Waals surface area contributed by atoms with Gasteiger partial charge in [-0.3, -0.25) is 0 Å². The van der Waals surface area contributed by atoms with E-state index in [0.29, 0.717) is 0 Å². The standard InChI is InChI=1S/C19H45NO4Si2/c1-8-21-18(22-9-2)25-16(5)12-14-20(7)15-13-17(6)26-19(23-10-3)24-11-4/h16-19H,8-15,25-26H2,1-7H3. The van der Waals surface area contributed by atoms with Crippen molar-refractivity contribution in [3.8, 4) is 0 Å². The first-order chi connectivity index (χ1) is 12.5. The molecule has 0 aliphatic rings. The Bertz CT molecular complexity index is 273. The van der Waals surface area contributed by atoms with Gasteiger partial charge in [0.2, 0.25) is 0 Å². The van der Waals surface area contributed by atoms with Crippen LogP contribution in [0.1, 0.15) is 54.4 Å². The van der Waals surface area contributed by atoms with Gasteiger partial charge in [0.15, 0.2) is 0 Å². The molecule has 0 aromatic carbocycles. The Morgan fingerprint density at radius 3 is 1.23 bits per heavy atom. The van der Waals surface area contributed by atoms with Crippen LogP contribution in [0.15, 0.2) is 0 Å². The van der Waals surface area contributed by atoms with E-state index in [1.165, 1.54) is 12.8 Å². The minimum atomic E-state index is -0.369. The Morgan fingerprint density at radius 2 is 0.962 bits per heavy atom. The molecule has 2 unspecified atom stereocenters. The predicted molar refractivity (Wildman–Crippen MR) is 117 cm³/mol. The molecule has 5 nitrogen and oxygen atoms in total. The van der Waals surface area contributed by atoms with E-state index in [2.05, 4.69) is 25.8 Å². The molecule has 0 aromatic heterocycles. The van der Waals surface area contributed by atoms with E-state index in [4.69, 9.17) is 18.9 Å². The van der Waals surface area contributed by atoms with Gasteiger partial charge in [0.1, 0.15) is 11.8 Å². The third-order valence-electron chi connectivity index (χ3n) is 4.61. The molecule has 2 atom stereocenters. The number of hydrogen-bond donors (Lipinski definition) is 0. The Morgan fingerprint density at radius 1 is 0.654 bits per heavy atom. The molecular formula is C19H45NO4Si2. The molecule has 0 aliphatic heterocycles. The van der Waals surface area contributed by atoms with Crippen molar-refractivity contribution in [2.24, 2.45) is 0 Å². The minimum absolute atomic E-state index is 0.0883. The summed E-state index contributed by atoms with van der Waals surface area (Å²) >= 11 is 0. The summed E-state index contributed by atoms with van der Waals surface area (Å²) in [5.41, 5.74) is 1.49. The lowest BCUT2D eigenvalue weighted by atomic mass is 10.3. The maximum absolute atomic E-state index is 5.72. The predicted octanol–water partition coefficient (Wildman–Crippen LogP) is 2.37. The van der Waals surface area contributed by atoms with E-state index in [9.17, 15) is 0 Å². The van der Waals surface area contributed by atoms with Crippen molar-refractivity contribution in [2.75, 3.05) is 46.6 Å². The van der Waals surface area contributed by atoms with E-state index >= 15 is 0 Å². The van der Waals surface area contributed by atoms with Gasteiger partial charge in [0.05, 0.1) is 19.0 Å². The van der Waals surface area contributed by atoms with Crippen LogP contribution in [0.2, 0.25) is 11.1 Å². The lowest BCUT2D eigenvalue weighted by molar-refractivity contribution is -0.0835. The van der Waals surface area contributed by atoms with Crippen LogP contribution in [0.3, 0.4) is 0 Å². The third-order valence-corrected chi connectivity index (χ3v) is 8.75. The van der Waals surface area contributed by atoms with Crippen LogP contribution in [0.4, 0.5) is 0 Å². The van der Waals surface area contributed by atoms with Crippen molar-refractivity contribution in [3.63, 3.8) is 0 Å². The molecule has 0 fully saturated rings. The molecule has 0 spiro atoms. The molecule has 0 saturated heterocycles. The van der Waals surface area contributed by atoms with Gasteiger partial charge in [-0.2, -0.15) is 0 Å². The molecule has 0 N–H and O–H groups in total. The molecule has 0 aromatic rings. The number of hydrogen-bond acceptors (Lipinski definition) is 5. The summed E-state index contributed by atoms with van der Waals surface area (Å²) in [4.78, 5) is 2.47. The molecular weight excluding hydrogens is 362 g/mol. The molecule has 158 valence electrons. The van der Waals surface area contributed by atoms with E-state index in [0.717, 1.165) is 50.6 Å². The van der Waals surface area contributed by atoms with E-state index in [1.807, 2.05) is 27.7 Å². The van der Waals surface area contributed by atoms with E-state index < -0.39 is 0 Å². The summed E-state index contributed by atoms with van der Waals surface area (Å²) in [6.45, 7) is 18.2. The normalized spacial score (nSPS) is 15.5. The topological polar surface area (TPSA) is 40.2 Å². The highest BCUT2D eigenvalue weighted by atomic mass is 28.2. The lowest BCUT2D eigenvalue weighted by Crippen LogP contribution is -2.30. The monoisotopic (exact) mass is 407 g/mol. The van der Waals surface area contributed by atoms with Crippen LogP contribution < -0.4 is 0 Å². The zero-order chi connectivity index (χ0) is 19.8. The van der Waals surface area contributed by atoms with Gasteiger partial charge in [0, 0.05) is 26.4 Å². The molecule has 0 radical (unpaired) electrons. The van der Waals surface area contributed by atoms with Crippen LogP contribution in [-0.4, -0.2) is 82.3 Å². The number of rotatable bonds is 18. The van der Waals surface area contributed by atoms with Crippen LogP contribution in [0.5, 0.6) is 0 Å². The molecule has 0 amide bonds. The Hall–Kier alpha value is 0.234. The van der Waals surface area contributed by atoms with Crippen LogP contribution in [0, 0.1) is 0 Å². The highest BCUT2D eigenvalue weighted by Gasteiger charge is 2.17. The average Bonchev–Trinajstić information content (AvgIpc) is 2.59. The Labute approximate surface area is 167 Å². The van der Waals surface area contributed by atoms with Crippen molar-refractivity contribution in [1.29, 1.82) is 0 Å². The second-order valence-electron chi connectivity index (χ2n) is 7.24. The fourth-order valence-corrected chi connectivity index (χ4v) is 6.64. The SMILES string of the molecule is CCOC(OCC)[SiH2]C(C)CCN(C)CCC(C)[SiH2]C(OCC)OCC. The molecule has 26 heavy (non-hydrogen) atoms. The average molecular weight is 408 g/mol. The quantitative estimate of drug-likeness (QED) is 0.258. The van der Waals surface area contributed by atoms with Gasteiger partial charge in [-0.15, -0.1) is 0 Å². The van der Waals surface area contributed by atoms with Gasteiger partial charge in [0.25, 0.3) is 0 Å². The highest BCUT2D eigenvalue weighted by Crippen LogP contribution is 2.15. The summed E-state index contributed by atoms with van der Waals surface area (Å²) in [7, 11) is 1.51. The van der Waals surface area contributed by atoms with Gasteiger partial charge in [-0.05, 0) is 71.8 Å². The van der Waals surface area contributed by atoms with Crippen molar-refractivity contribution < 1.29 is 18.9 Å². The smallest absolute Gasteiger partial charge is 0.135 e. The highest BCUT2D eigenvalue weighted by molar-refractivity contribution is 6.38. The molecule has 7 heteroatoms. The molecule has 0 rings (SSSR count). The van der Waals surface area contributed by atoms with Gasteiger partial charge in [-0.25, -0.2) is 0 Å². The zero-order valence-electron chi connectivity index (χ0n) is 18.5.